The number of rotatable bonds is 2. The van der Waals surface area contributed by atoms with Crippen molar-refractivity contribution in [1.82, 2.24) is 4.98 Å². The van der Waals surface area contributed by atoms with Gasteiger partial charge < -0.3 is 10.8 Å². The van der Waals surface area contributed by atoms with Gasteiger partial charge in [0.1, 0.15) is 0 Å². The van der Waals surface area contributed by atoms with Crippen LogP contribution in [0.5, 0.6) is 0 Å². The number of aliphatic hydroxyl groups excluding tert-OH is 1. The summed E-state index contributed by atoms with van der Waals surface area (Å²) in [5, 5.41) is 9.01. The van der Waals surface area contributed by atoms with Crippen molar-refractivity contribution in [3.63, 3.8) is 0 Å². The average Bonchev–Trinajstić information content (AvgIpc) is 2.30. The van der Waals surface area contributed by atoms with Crippen LogP contribution in [-0.4, -0.2) is 10.1 Å². The lowest BCUT2D eigenvalue weighted by Gasteiger charge is -2.03. The predicted molar refractivity (Wildman–Crippen MR) is 60.0 cm³/mol. The zero-order chi connectivity index (χ0) is 10.7. The minimum Gasteiger partial charge on any atom is -0.397 e. The Balaban J connectivity index is 2.40. The van der Waals surface area contributed by atoms with Gasteiger partial charge >= 0.3 is 0 Å². The third kappa shape index (κ3) is 2.14. The number of nitrogens with two attached hydrogens (primary N) is 1. The van der Waals surface area contributed by atoms with Gasteiger partial charge in [0.2, 0.25) is 0 Å². The van der Waals surface area contributed by atoms with Crippen molar-refractivity contribution < 1.29 is 5.11 Å². The summed E-state index contributed by atoms with van der Waals surface area (Å²) in [7, 11) is 0. The molecule has 15 heavy (non-hydrogen) atoms. The summed E-state index contributed by atoms with van der Waals surface area (Å²) in [6.07, 6.45) is 1.63. The van der Waals surface area contributed by atoms with Crippen molar-refractivity contribution >= 4 is 5.69 Å². The Bertz CT molecular complexity index is 451. The summed E-state index contributed by atoms with van der Waals surface area (Å²) in [5.74, 6) is 0. The normalized spacial score (nSPS) is 10.2. The first-order chi connectivity index (χ1) is 7.29. The van der Waals surface area contributed by atoms with Crippen LogP contribution in [0.4, 0.5) is 5.69 Å². The number of hydrogen-bond acceptors (Lipinski definition) is 3. The van der Waals surface area contributed by atoms with Gasteiger partial charge in [0.05, 0.1) is 24.2 Å². The largest absolute Gasteiger partial charge is 0.397 e. The number of aliphatic hydroxyl groups is 1. The fraction of sp³-hybridized carbons (Fsp3) is 0.0833. The van der Waals surface area contributed by atoms with Gasteiger partial charge in [0.15, 0.2) is 0 Å². The number of benzene rings is 1. The summed E-state index contributed by atoms with van der Waals surface area (Å²) in [4.78, 5) is 4.22. The monoisotopic (exact) mass is 200 g/mol. The number of aromatic nitrogens is 1. The quantitative estimate of drug-likeness (QED) is 0.777. The number of anilines is 1. The topological polar surface area (TPSA) is 59.1 Å². The molecule has 0 saturated heterocycles. The van der Waals surface area contributed by atoms with Gasteiger partial charge in [0.25, 0.3) is 0 Å². The lowest BCUT2D eigenvalue weighted by Crippen LogP contribution is -1.89. The molecule has 0 aliphatic rings. The Kier molecular flexibility index (Phi) is 2.65. The number of hydrogen-bond donors (Lipinski definition) is 2. The highest BCUT2D eigenvalue weighted by atomic mass is 16.3. The molecular weight excluding hydrogens is 188 g/mol. The van der Waals surface area contributed by atoms with Gasteiger partial charge in [0, 0.05) is 5.56 Å². The standard InChI is InChI=1S/C12H12N2O/c13-11-4-5-12(14-7-11)10-3-1-2-9(6-10)8-15/h1-7,15H,8,13H2. The van der Waals surface area contributed by atoms with Crippen molar-refractivity contribution in [3.8, 4) is 11.3 Å². The highest BCUT2D eigenvalue weighted by Crippen LogP contribution is 2.18. The fourth-order valence-electron chi connectivity index (χ4n) is 1.41. The van der Waals surface area contributed by atoms with Gasteiger partial charge in [-0.3, -0.25) is 4.98 Å². The van der Waals surface area contributed by atoms with Crippen molar-refractivity contribution in [2.75, 3.05) is 5.73 Å². The molecule has 0 unspecified atom stereocenters. The molecule has 76 valence electrons. The first kappa shape index (κ1) is 9.68. The van der Waals surface area contributed by atoms with Crippen molar-refractivity contribution in [3.05, 3.63) is 48.2 Å². The third-order valence-corrected chi connectivity index (χ3v) is 2.19. The molecule has 0 saturated carbocycles. The van der Waals surface area contributed by atoms with E-state index in [1.807, 2.05) is 36.4 Å². The molecule has 2 aromatic rings. The van der Waals surface area contributed by atoms with Crippen LogP contribution in [0.1, 0.15) is 5.56 Å². The second-order valence-corrected chi connectivity index (χ2v) is 3.34. The molecule has 1 heterocycles. The van der Waals surface area contributed by atoms with Gasteiger partial charge in [-0.2, -0.15) is 0 Å². The van der Waals surface area contributed by atoms with E-state index in [4.69, 9.17) is 10.8 Å². The minimum atomic E-state index is 0.0445. The molecule has 1 aromatic heterocycles. The molecule has 3 heteroatoms. The zero-order valence-corrected chi connectivity index (χ0v) is 8.22. The molecule has 3 nitrogen and oxygen atoms in total. The first-order valence-electron chi connectivity index (χ1n) is 4.71. The van der Waals surface area contributed by atoms with Crippen LogP contribution in [0.15, 0.2) is 42.6 Å². The lowest BCUT2D eigenvalue weighted by molar-refractivity contribution is 0.282. The van der Waals surface area contributed by atoms with Gasteiger partial charge in [-0.05, 0) is 23.8 Å². The van der Waals surface area contributed by atoms with E-state index < -0.39 is 0 Å². The predicted octanol–water partition coefficient (Wildman–Crippen LogP) is 1.82. The summed E-state index contributed by atoms with van der Waals surface area (Å²) in [5.41, 5.74) is 8.94. The highest BCUT2D eigenvalue weighted by Gasteiger charge is 1.99. The maximum Gasteiger partial charge on any atom is 0.0703 e. The van der Waals surface area contributed by atoms with E-state index in [-0.39, 0.29) is 6.61 Å². The van der Waals surface area contributed by atoms with Gasteiger partial charge in [-0.1, -0.05) is 18.2 Å². The van der Waals surface area contributed by atoms with Crippen molar-refractivity contribution in [2.45, 2.75) is 6.61 Å². The van der Waals surface area contributed by atoms with Crippen LogP contribution in [0, 0.1) is 0 Å². The number of nitrogens with zero attached hydrogens (tertiary/aromatic N) is 1. The SMILES string of the molecule is Nc1ccc(-c2cccc(CO)c2)nc1. The second-order valence-electron chi connectivity index (χ2n) is 3.34. The Labute approximate surface area is 88.2 Å². The lowest BCUT2D eigenvalue weighted by atomic mass is 10.1. The maximum absolute atomic E-state index is 9.01. The minimum absolute atomic E-state index is 0.0445. The van der Waals surface area contributed by atoms with Crippen LogP contribution in [-0.2, 0) is 6.61 Å². The summed E-state index contributed by atoms with van der Waals surface area (Å²) in [6, 6.07) is 11.3. The Morgan fingerprint density at radius 2 is 2.07 bits per heavy atom. The van der Waals surface area contributed by atoms with E-state index in [9.17, 15) is 0 Å². The third-order valence-electron chi connectivity index (χ3n) is 2.19. The summed E-state index contributed by atoms with van der Waals surface area (Å²) >= 11 is 0. The van der Waals surface area contributed by atoms with E-state index in [0.717, 1.165) is 16.8 Å². The van der Waals surface area contributed by atoms with Crippen LogP contribution >= 0.6 is 0 Å². The van der Waals surface area contributed by atoms with Crippen LogP contribution < -0.4 is 5.73 Å². The van der Waals surface area contributed by atoms with Crippen molar-refractivity contribution in [2.24, 2.45) is 0 Å². The Morgan fingerprint density at radius 3 is 2.73 bits per heavy atom. The first-order valence-corrected chi connectivity index (χ1v) is 4.71. The molecule has 0 aliphatic carbocycles. The van der Waals surface area contributed by atoms with Gasteiger partial charge in [-0.25, -0.2) is 0 Å². The van der Waals surface area contributed by atoms with E-state index in [1.165, 1.54) is 0 Å². The number of nitrogen functional groups attached to an aromatic ring is 1. The second kappa shape index (κ2) is 4.11. The summed E-state index contributed by atoms with van der Waals surface area (Å²) < 4.78 is 0. The average molecular weight is 200 g/mol. The fourth-order valence-corrected chi connectivity index (χ4v) is 1.41. The maximum atomic E-state index is 9.01. The van der Waals surface area contributed by atoms with E-state index in [2.05, 4.69) is 4.98 Å². The highest BCUT2D eigenvalue weighted by molar-refractivity contribution is 5.61. The van der Waals surface area contributed by atoms with E-state index >= 15 is 0 Å². The molecule has 0 radical (unpaired) electrons. The van der Waals surface area contributed by atoms with E-state index in [1.54, 1.807) is 6.20 Å². The van der Waals surface area contributed by atoms with Gasteiger partial charge in [-0.15, -0.1) is 0 Å². The molecule has 1 aromatic carbocycles. The van der Waals surface area contributed by atoms with Crippen LogP contribution in [0.3, 0.4) is 0 Å². The summed E-state index contributed by atoms with van der Waals surface area (Å²) in [6.45, 7) is 0.0445. The molecule has 0 aliphatic heterocycles. The molecule has 2 rings (SSSR count). The smallest absolute Gasteiger partial charge is 0.0703 e. The molecule has 0 amide bonds. The molecular formula is C12H12N2O. The number of pyridine rings is 1. The molecule has 0 fully saturated rings. The van der Waals surface area contributed by atoms with E-state index in [0.29, 0.717) is 5.69 Å². The molecule has 0 spiro atoms. The van der Waals surface area contributed by atoms with Crippen LogP contribution in [0.25, 0.3) is 11.3 Å². The Hall–Kier alpha value is -1.87. The van der Waals surface area contributed by atoms with Crippen LogP contribution in [0.2, 0.25) is 0 Å². The molecule has 0 bridgehead atoms. The Morgan fingerprint density at radius 1 is 1.20 bits per heavy atom. The molecule has 3 N–H and O–H groups in total. The molecule has 0 atom stereocenters. The zero-order valence-electron chi connectivity index (χ0n) is 8.22. The van der Waals surface area contributed by atoms with Crippen molar-refractivity contribution in [1.29, 1.82) is 0 Å².